The summed E-state index contributed by atoms with van der Waals surface area (Å²) in [6.07, 6.45) is 4.77. The fraction of sp³-hybridized carbons (Fsp3) is 0.545. The number of fused-ring (bicyclic) bond motifs is 2. The summed E-state index contributed by atoms with van der Waals surface area (Å²) in [6, 6.07) is -0.395. The van der Waals surface area contributed by atoms with Gasteiger partial charge in [0, 0.05) is 24.6 Å². The van der Waals surface area contributed by atoms with Crippen LogP contribution in [0.25, 0.3) is 10.4 Å². The molecule has 2 amide bonds. The Morgan fingerprint density at radius 2 is 2.09 bits per heavy atom. The number of rotatable bonds is 6. The molecular formula is C22H26N4O6S2. The summed E-state index contributed by atoms with van der Waals surface area (Å²) >= 11 is 2.94. The van der Waals surface area contributed by atoms with Crippen LogP contribution in [0, 0.1) is 11.8 Å². The Bertz CT molecular complexity index is 1210. The van der Waals surface area contributed by atoms with Crippen molar-refractivity contribution in [1.29, 1.82) is 0 Å². The van der Waals surface area contributed by atoms with E-state index in [1.54, 1.807) is 11.8 Å². The van der Waals surface area contributed by atoms with Crippen LogP contribution in [0.3, 0.4) is 0 Å². The summed E-state index contributed by atoms with van der Waals surface area (Å²) in [7, 11) is 0. The third-order valence-corrected chi connectivity index (χ3v) is 8.99. The number of carboxylic acids is 1. The van der Waals surface area contributed by atoms with Gasteiger partial charge in [-0.3, -0.25) is 9.59 Å². The van der Waals surface area contributed by atoms with E-state index in [9.17, 15) is 24.6 Å². The molecule has 5 rings (SSSR count). The van der Waals surface area contributed by atoms with Gasteiger partial charge in [0.1, 0.15) is 6.20 Å². The van der Waals surface area contributed by atoms with E-state index in [0.717, 1.165) is 14.7 Å². The minimum Gasteiger partial charge on any atom is -0.543 e. The number of aliphatic hydroxyl groups is 1. The van der Waals surface area contributed by atoms with Crippen LogP contribution in [0.2, 0.25) is 0 Å². The fourth-order valence-electron chi connectivity index (χ4n) is 5.32. The number of hydrogen-bond donors (Lipinski definition) is 1. The standard InChI is InChI=1S/C22H26N4O6S2/c1-11-15(18(22(30)31)26-17(11)16(12(2)27)19(26)29)13-8-24-10-25(20(33-3)21(24)34-13)9-14(28)23-4-6-32-7-5-23/h8,10-12,16-17,27H,4-7,9H2,1-3H3/t11-,12+,16+,17+/m0/s1. The lowest BCUT2D eigenvalue weighted by Gasteiger charge is -2.47. The minimum absolute atomic E-state index is 0.0282. The molecule has 1 N–H and O–H groups in total. The molecule has 12 heteroatoms. The molecule has 10 nitrogen and oxygen atoms in total. The number of carboxylic acid groups (broad SMARTS) is 1. The Balaban J connectivity index is 1.49. The maximum Gasteiger partial charge on any atom is 0.265 e. The van der Waals surface area contributed by atoms with Crippen molar-refractivity contribution in [3.63, 3.8) is 0 Å². The molecule has 3 aliphatic rings. The molecule has 2 aromatic rings. The van der Waals surface area contributed by atoms with E-state index in [0.29, 0.717) is 31.9 Å². The number of carbonyl (C=O) groups is 3. The van der Waals surface area contributed by atoms with Crippen LogP contribution in [0.1, 0.15) is 18.7 Å². The van der Waals surface area contributed by atoms with E-state index in [1.165, 1.54) is 28.0 Å². The number of morpholine rings is 1. The average molecular weight is 507 g/mol. The number of thiazole rings is 1. The molecule has 2 aromatic heterocycles. The molecule has 2 saturated heterocycles. The van der Waals surface area contributed by atoms with Crippen LogP contribution in [0.15, 0.2) is 23.2 Å². The second-order valence-electron chi connectivity index (χ2n) is 8.86. The first-order valence-corrected chi connectivity index (χ1v) is 13.2. The fourth-order valence-corrected chi connectivity index (χ4v) is 7.50. The highest BCUT2D eigenvalue weighted by atomic mass is 32.2. The lowest BCUT2D eigenvalue weighted by atomic mass is 9.77. The van der Waals surface area contributed by atoms with Crippen molar-refractivity contribution in [2.75, 3.05) is 32.6 Å². The Hall–Kier alpha value is -2.41. The number of nitrogens with zero attached hydrogens (tertiary/aromatic N) is 4. The maximum absolute atomic E-state index is 12.8. The maximum atomic E-state index is 12.8. The first-order chi connectivity index (χ1) is 16.2. The highest BCUT2D eigenvalue weighted by Gasteiger charge is 2.59. The van der Waals surface area contributed by atoms with Crippen molar-refractivity contribution in [3.8, 4) is 0 Å². The lowest BCUT2D eigenvalue weighted by molar-refractivity contribution is -0.508. The number of β-lactam (4-membered cyclic amide) rings is 1. The number of aliphatic carboxylic acids is 1. The van der Waals surface area contributed by atoms with Crippen LogP contribution < -0.4 is 9.51 Å². The topological polar surface area (TPSA) is 119 Å². The van der Waals surface area contributed by atoms with Gasteiger partial charge in [-0.1, -0.05) is 30.0 Å². The van der Waals surface area contributed by atoms with E-state index < -0.39 is 24.0 Å². The van der Waals surface area contributed by atoms with Crippen LogP contribution in [0.4, 0.5) is 0 Å². The van der Waals surface area contributed by atoms with Crippen LogP contribution >= 0.6 is 23.1 Å². The molecule has 0 saturated carbocycles. The number of aliphatic hydroxyl groups excluding tert-OH is 1. The van der Waals surface area contributed by atoms with Crippen molar-refractivity contribution in [1.82, 2.24) is 14.4 Å². The molecule has 182 valence electrons. The smallest absolute Gasteiger partial charge is 0.265 e. The molecule has 34 heavy (non-hydrogen) atoms. The predicted octanol–water partition coefficient (Wildman–Crippen LogP) is -0.812. The number of aromatic nitrogens is 2. The summed E-state index contributed by atoms with van der Waals surface area (Å²) in [5.74, 6) is -2.63. The zero-order valence-corrected chi connectivity index (χ0v) is 20.7. The molecule has 0 aliphatic carbocycles. The third kappa shape index (κ3) is 3.46. The van der Waals surface area contributed by atoms with Crippen LogP contribution in [0.5, 0.6) is 0 Å². The third-order valence-electron chi connectivity index (χ3n) is 6.90. The molecule has 0 aromatic carbocycles. The van der Waals surface area contributed by atoms with Crippen LogP contribution in [-0.4, -0.2) is 82.0 Å². The number of amides is 2. The largest absolute Gasteiger partial charge is 0.543 e. The van der Waals surface area contributed by atoms with Gasteiger partial charge in [0.25, 0.3) is 12.2 Å². The van der Waals surface area contributed by atoms with Gasteiger partial charge < -0.3 is 29.5 Å². The number of hydrogen-bond acceptors (Lipinski definition) is 8. The van der Waals surface area contributed by atoms with Gasteiger partial charge >= 0.3 is 0 Å². The summed E-state index contributed by atoms with van der Waals surface area (Å²) in [5, 5.41) is 23.0. The molecular weight excluding hydrogens is 480 g/mol. The molecule has 3 aliphatic heterocycles. The van der Waals surface area contributed by atoms with Gasteiger partial charge in [0.2, 0.25) is 15.8 Å². The van der Waals surface area contributed by atoms with E-state index in [2.05, 4.69) is 0 Å². The van der Waals surface area contributed by atoms with Gasteiger partial charge in [0.15, 0.2) is 6.54 Å². The van der Waals surface area contributed by atoms with Crippen molar-refractivity contribution in [3.05, 3.63) is 23.1 Å². The van der Waals surface area contributed by atoms with Gasteiger partial charge in [-0.2, -0.15) is 4.40 Å². The van der Waals surface area contributed by atoms with Crippen molar-refractivity contribution >= 4 is 51.3 Å². The van der Waals surface area contributed by atoms with Gasteiger partial charge in [0.05, 0.1) is 47.8 Å². The van der Waals surface area contributed by atoms with Crippen molar-refractivity contribution in [2.45, 2.75) is 37.6 Å². The Morgan fingerprint density at radius 1 is 1.38 bits per heavy atom. The monoisotopic (exact) mass is 506 g/mol. The summed E-state index contributed by atoms with van der Waals surface area (Å²) < 4.78 is 9.13. The minimum atomic E-state index is -1.39. The number of thioether (sulfide) groups is 1. The first-order valence-electron chi connectivity index (χ1n) is 11.1. The summed E-state index contributed by atoms with van der Waals surface area (Å²) in [6.45, 7) is 5.92. The van der Waals surface area contributed by atoms with Crippen LogP contribution in [-0.2, 0) is 25.7 Å². The molecule has 0 unspecified atom stereocenters. The summed E-state index contributed by atoms with van der Waals surface area (Å²) in [5.41, 5.74) is 0.447. The van der Waals surface area contributed by atoms with Crippen molar-refractivity contribution < 1.29 is 33.7 Å². The Labute approximate surface area is 204 Å². The van der Waals surface area contributed by atoms with E-state index in [4.69, 9.17) is 4.74 Å². The highest BCUT2D eigenvalue weighted by Crippen LogP contribution is 2.51. The molecule has 2 fully saturated rings. The lowest BCUT2D eigenvalue weighted by Crippen LogP contribution is -2.64. The summed E-state index contributed by atoms with van der Waals surface area (Å²) in [4.78, 5) is 42.1. The van der Waals surface area contributed by atoms with E-state index >= 15 is 0 Å². The van der Waals surface area contributed by atoms with E-state index in [-0.39, 0.29) is 30.0 Å². The van der Waals surface area contributed by atoms with E-state index in [1.807, 2.05) is 34.7 Å². The first kappa shape index (κ1) is 23.3. The molecule has 5 heterocycles. The quantitative estimate of drug-likeness (QED) is 0.309. The average Bonchev–Trinajstić information content (AvgIpc) is 3.41. The Morgan fingerprint density at radius 3 is 2.71 bits per heavy atom. The number of carbonyl (C=O) groups excluding carboxylic acids is 3. The van der Waals surface area contributed by atoms with Gasteiger partial charge in [-0.25, -0.2) is 4.57 Å². The molecule has 0 radical (unpaired) electrons. The van der Waals surface area contributed by atoms with Crippen molar-refractivity contribution in [2.24, 2.45) is 11.8 Å². The normalized spacial score (nSPS) is 25.6. The number of imidazole rings is 1. The number of ether oxygens (including phenoxy) is 1. The van der Waals surface area contributed by atoms with Gasteiger partial charge in [-0.15, -0.1) is 0 Å². The Kier molecular flexibility index (Phi) is 5.95. The molecule has 4 atom stereocenters. The SMILES string of the molecule is CSc1c2sc(C3=C(C(=O)[O-])N4C(=O)[C@H]([C@@H](C)O)[C@H]4[C@H]3C)c[n+]2cn1CC(=O)N1CCOCC1. The second kappa shape index (κ2) is 8.67. The second-order valence-corrected chi connectivity index (χ2v) is 10.7. The zero-order valence-electron chi connectivity index (χ0n) is 19.1. The predicted molar refractivity (Wildman–Crippen MR) is 122 cm³/mol. The molecule has 0 spiro atoms. The zero-order chi connectivity index (χ0) is 24.3. The highest BCUT2D eigenvalue weighted by molar-refractivity contribution is 7.98. The molecule has 0 bridgehead atoms. The van der Waals surface area contributed by atoms with Gasteiger partial charge in [-0.05, 0) is 13.2 Å².